The van der Waals surface area contributed by atoms with Crippen molar-refractivity contribution >= 4 is 11.8 Å². The summed E-state index contributed by atoms with van der Waals surface area (Å²) in [4.78, 5) is 1.37. The largest absolute Gasteiger partial charge is 0.316 e. The Hall–Kier alpha value is -0.730. The fraction of sp³-hybridized carbons (Fsp3) is 0.467. The minimum Gasteiger partial charge on any atom is -0.316 e. The molecule has 1 aromatic carbocycles. The van der Waals surface area contributed by atoms with Crippen LogP contribution in [0.5, 0.6) is 0 Å². The van der Waals surface area contributed by atoms with Crippen LogP contribution in [-0.2, 0) is 0 Å². The molecule has 94 valence electrons. The van der Waals surface area contributed by atoms with Crippen LogP contribution >= 0.6 is 11.8 Å². The number of allylic oxidation sites excluding steroid dienone is 1. The molecule has 1 atom stereocenters. The maximum Gasteiger partial charge on any atom is 0.0158 e. The van der Waals surface area contributed by atoms with E-state index in [0.29, 0.717) is 6.04 Å². The maximum atomic E-state index is 3.76. The fourth-order valence-corrected chi connectivity index (χ4v) is 2.89. The summed E-state index contributed by atoms with van der Waals surface area (Å²) in [7, 11) is 2.05. The molecule has 1 rings (SSSR count). The van der Waals surface area contributed by atoms with Crippen molar-refractivity contribution in [2.24, 2.45) is 0 Å². The van der Waals surface area contributed by atoms with E-state index in [1.54, 1.807) is 0 Å². The predicted molar refractivity (Wildman–Crippen MR) is 78.8 cm³/mol. The smallest absolute Gasteiger partial charge is 0.0158 e. The van der Waals surface area contributed by atoms with E-state index in [9.17, 15) is 0 Å². The van der Waals surface area contributed by atoms with Gasteiger partial charge in [-0.05, 0) is 45.4 Å². The number of rotatable bonds is 8. The summed E-state index contributed by atoms with van der Waals surface area (Å²) in [6.45, 7) is 5.90. The van der Waals surface area contributed by atoms with E-state index in [-0.39, 0.29) is 0 Å². The second-order valence-corrected chi connectivity index (χ2v) is 5.43. The lowest BCUT2D eigenvalue weighted by Gasteiger charge is -2.15. The first-order valence-corrected chi connectivity index (χ1v) is 7.22. The highest BCUT2D eigenvalue weighted by Gasteiger charge is 2.06. The molecule has 1 N–H and O–H groups in total. The highest BCUT2D eigenvalue weighted by Crippen LogP contribution is 2.20. The number of thioether (sulfide) groups is 1. The Bertz CT molecular complexity index is 335. The molecule has 1 nitrogen and oxygen atoms in total. The van der Waals surface area contributed by atoms with E-state index in [1.807, 2.05) is 17.8 Å². The van der Waals surface area contributed by atoms with Crippen LogP contribution in [0.4, 0.5) is 0 Å². The SMILES string of the molecule is C=CCCCC(CSc1cccc(C)c1)NC. The minimum absolute atomic E-state index is 0.598. The molecule has 0 aromatic heterocycles. The first-order valence-electron chi connectivity index (χ1n) is 6.24. The van der Waals surface area contributed by atoms with Gasteiger partial charge in [0.15, 0.2) is 0 Å². The molecule has 0 bridgehead atoms. The zero-order chi connectivity index (χ0) is 12.5. The van der Waals surface area contributed by atoms with Gasteiger partial charge in [0.1, 0.15) is 0 Å². The summed E-state index contributed by atoms with van der Waals surface area (Å²) in [6.07, 6.45) is 5.57. The van der Waals surface area contributed by atoms with Gasteiger partial charge in [0.05, 0.1) is 0 Å². The average molecular weight is 249 g/mol. The fourth-order valence-electron chi connectivity index (χ4n) is 1.72. The Morgan fingerprint density at radius 1 is 1.47 bits per heavy atom. The number of unbranched alkanes of at least 4 members (excludes halogenated alkanes) is 1. The first kappa shape index (κ1) is 14.3. The molecule has 0 aliphatic heterocycles. The van der Waals surface area contributed by atoms with Crippen LogP contribution < -0.4 is 5.32 Å². The number of hydrogen-bond donors (Lipinski definition) is 1. The standard InChI is InChI=1S/C15H23NS/c1-4-5-6-9-14(16-3)12-17-15-10-7-8-13(2)11-15/h4,7-8,10-11,14,16H,1,5-6,9,12H2,2-3H3. The highest BCUT2D eigenvalue weighted by molar-refractivity contribution is 7.99. The number of aryl methyl sites for hydroxylation is 1. The number of nitrogens with one attached hydrogen (secondary N) is 1. The van der Waals surface area contributed by atoms with Crippen molar-refractivity contribution in [1.29, 1.82) is 0 Å². The van der Waals surface area contributed by atoms with Gasteiger partial charge in [-0.2, -0.15) is 0 Å². The molecular formula is C15H23NS. The second-order valence-electron chi connectivity index (χ2n) is 4.33. The lowest BCUT2D eigenvalue weighted by molar-refractivity contribution is 0.552. The summed E-state index contributed by atoms with van der Waals surface area (Å²) in [5, 5.41) is 3.39. The summed E-state index contributed by atoms with van der Waals surface area (Å²) < 4.78 is 0. The van der Waals surface area contributed by atoms with E-state index in [4.69, 9.17) is 0 Å². The number of hydrogen-bond acceptors (Lipinski definition) is 2. The highest BCUT2D eigenvalue weighted by atomic mass is 32.2. The van der Waals surface area contributed by atoms with Crippen molar-refractivity contribution in [3.8, 4) is 0 Å². The van der Waals surface area contributed by atoms with Crippen LogP contribution in [0.3, 0.4) is 0 Å². The Labute approximate surface area is 110 Å². The molecule has 0 radical (unpaired) electrons. The van der Waals surface area contributed by atoms with Gasteiger partial charge in [0, 0.05) is 16.7 Å². The normalized spacial score (nSPS) is 12.4. The van der Waals surface area contributed by atoms with Crippen LogP contribution in [0, 0.1) is 6.92 Å². The van der Waals surface area contributed by atoms with Gasteiger partial charge < -0.3 is 5.32 Å². The van der Waals surface area contributed by atoms with Gasteiger partial charge in [0.2, 0.25) is 0 Å². The van der Waals surface area contributed by atoms with Gasteiger partial charge in [-0.25, -0.2) is 0 Å². The molecule has 2 heteroatoms. The number of benzene rings is 1. The summed E-state index contributed by atoms with van der Waals surface area (Å²) >= 11 is 1.94. The zero-order valence-electron chi connectivity index (χ0n) is 10.9. The van der Waals surface area contributed by atoms with Crippen molar-refractivity contribution < 1.29 is 0 Å². The summed E-state index contributed by atoms with van der Waals surface area (Å²) in [5.74, 6) is 1.14. The Morgan fingerprint density at radius 2 is 2.29 bits per heavy atom. The predicted octanol–water partition coefficient (Wildman–Crippen LogP) is 4.03. The quantitative estimate of drug-likeness (QED) is 0.424. The van der Waals surface area contributed by atoms with E-state index < -0.39 is 0 Å². The summed E-state index contributed by atoms with van der Waals surface area (Å²) in [5.41, 5.74) is 1.34. The van der Waals surface area contributed by atoms with Crippen LogP contribution in [0.1, 0.15) is 24.8 Å². The molecule has 1 unspecified atom stereocenters. The molecule has 0 saturated heterocycles. The van der Waals surface area contributed by atoms with Crippen LogP contribution in [0.15, 0.2) is 41.8 Å². The van der Waals surface area contributed by atoms with E-state index >= 15 is 0 Å². The molecule has 0 spiro atoms. The average Bonchev–Trinajstić information content (AvgIpc) is 2.34. The lowest BCUT2D eigenvalue weighted by atomic mass is 10.1. The topological polar surface area (TPSA) is 12.0 Å². The third-order valence-electron chi connectivity index (χ3n) is 2.81. The van der Waals surface area contributed by atoms with Gasteiger partial charge in [-0.1, -0.05) is 23.8 Å². The second kappa shape index (κ2) is 8.37. The minimum atomic E-state index is 0.598. The molecule has 0 heterocycles. The first-order chi connectivity index (χ1) is 8.26. The van der Waals surface area contributed by atoms with Crippen molar-refractivity contribution in [3.05, 3.63) is 42.5 Å². The molecule has 0 saturated carbocycles. The Balaban J connectivity index is 2.34. The van der Waals surface area contributed by atoms with Crippen molar-refractivity contribution in [2.75, 3.05) is 12.8 Å². The Morgan fingerprint density at radius 3 is 2.94 bits per heavy atom. The molecular weight excluding hydrogens is 226 g/mol. The van der Waals surface area contributed by atoms with Gasteiger partial charge >= 0.3 is 0 Å². The monoisotopic (exact) mass is 249 g/mol. The molecule has 0 amide bonds. The van der Waals surface area contributed by atoms with Gasteiger partial charge in [-0.3, -0.25) is 0 Å². The van der Waals surface area contributed by atoms with Crippen molar-refractivity contribution in [1.82, 2.24) is 5.32 Å². The van der Waals surface area contributed by atoms with E-state index in [1.165, 1.54) is 23.3 Å². The van der Waals surface area contributed by atoms with Crippen LogP contribution in [-0.4, -0.2) is 18.8 Å². The third kappa shape index (κ3) is 5.94. The molecule has 1 aromatic rings. The van der Waals surface area contributed by atoms with Crippen molar-refractivity contribution in [3.63, 3.8) is 0 Å². The summed E-state index contributed by atoms with van der Waals surface area (Å²) in [6, 6.07) is 9.31. The molecule has 0 fully saturated rings. The van der Waals surface area contributed by atoms with Crippen LogP contribution in [0.25, 0.3) is 0 Å². The molecule has 0 aliphatic carbocycles. The zero-order valence-corrected chi connectivity index (χ0v) is 11.7. The molecule has 17 heavy (non-hydrogen) atoms. The lowest BCUT2D eigenvalue weighted by Crippen LogP contribution is -2.27. The third-order valence-corrected chi connectivity index (χ3v) is 3.97. The van der Waals surface area contributed by atoms with E-state index in [0.717, 1.165) is 12.2 Å². The van der Waals surface area contributed by atoms with Crippen molar-refractivity contribution in [2.45, 2.75) is 37.1 Å². The van der Waals surface area contributed by atoms with Gasteiger partial charge in [0.25, 0.3) is 0 Å². The van der Waals surface area contributed by atoms with E-state index in [2.05, 4.69) is 50.1 Å². The Kier molecular flexibility index (Phi) is 7.06. The van der Waals surface area contributed by atoms with Gasteiger partial charge in [-0.15, -0.1) is 18.3 Å². The van der Waals surface area contributed by atoms with Crippen LogP contribution in [0.2, 0.25) is 0 Å². The molecule has 0 aliphatic rings. The maximum absolute atomic E-state index is 3.76.